The molecule has 0 aromatic heterocycles. The van der Waals surface area contributed by atoms with Crippen LogP contribution in [0.5, 0.6) is 0 Å². The lowest BCUT2D eigenvalue weighted by atomic mass is 10.1. The number of nitrogens with zero attached hydrogens (tertiary/aromatic N) is 1. The maximum Gasteiger partial charge on any atom is 0.226 e. The maximum atomic E-state index is 11.9. The summed E-state index contributed by atoms with van der Waals surface area (Å²) in [6.07, 6.45) is 1.29. The van der Waals surface area contributed by atoms with Gasteiger partial charge in [0.1, 0.15) is 0 Å². The van der Waals surface area contributed by atoms with E-state index in [0.717, 1.165) is 31.5 Å². The minimum atomic E-state index is 0.101. The van der Waals surface area contributed by atoms with E-state index in [1.807, 2.05) is 18.9 Å². The summed E-state index contributed by atoms with van der Waals surface area (Å²) in [5.41, 5.74) is 0. The molecule has 3 nitrogen and oxygen atoms in total. The number of hydrogen-bond acceptors (Lipinski definition) is 2. The van der Waals surface area contributed by atoms with Gasteiger partial charge in [-0.05, 0) is 24.8 Å². The van der Waals surface area contributed by atoms with Crippen molar-refractivity contribution < 1.29 is 4.79 Å². The Morgan fingerprint density at radius 3 is 2.67 bits per heavy atom. The number of nitrogens with one attached hydrogen (secondary N) is 1. The van der Waals surface area contributed by atoms with Crippen LogP contribution in [-0.4, -0.2) is 37.5 Å². The largest absolute Gasteiger partial charge is 0.345 e. The van der Waals surface area contributed by atoms with E-state index in [1.54, 1.807) is 0 Å². The lowest BCUT2D eigenvalue weighted by Gasteiger charge is -2.21. The van der Waals surface area contributed by atoms with E-state index < -0.39 is 0 Å². The normalized spacial score (nSPS) is 26.1. The van der Waals surface area contributed by atoms with Gasteiger partial charge in [-0.1, -0.05) is 20.8 Å². The molecule has 1 amide bonds. The van der Waals surface area contributed by atoms with Crippen LogP contribution >= 0.6 is 0 Å². The molecule has 0 aliphatic heterocycles. The van der Waals surface area contributed by atoms with Crippen molar-refractivity contribution in [2.75, 3.05) is 26.7 Å². The van der Waals surface area contributed by atoms with Gasteiger partial charge in [-0.3, -0.25) is 4.79 Å². The second kappa shape index (κ2) is 5.50. The summed E-state index contributed by atoms with van der Waals surface area (Å²) in [7, 11) is 1.93. The Morgan fingerprint density at radius 2 is 2.20 bits per heavy atom. The van der Waals surface area contributed by atoms with Gasteiger partial charge in [0.05, 0.1) is 0 Å². The zero-order chi connectivity index (χ0) is 11.4. The van der Waals surface area contributed by atoms with E-state index in [0.29, 0.717) is 0 Å². The van der Waals surface area contributed by atoms with Gasteiger partial charge >= 0.3 is 0 Å². The molecule has 1 N–H and O–H groups in total. The van der Waals surface area contributed by atoms with Gasteiger partial charge in [0.2, 0.25) is 5.91 Å². The summed E-state index contributed by atoms with van der Waals surface area (Å²) >= 11 is 0. The molecular weight excluding hydrogens is 188 g/mol. The maximum absolute atomic E-state index is 11.9. The predicted octanol–water partition coefficient (Wildman–Crippen LogP) is 1.35. The van der Waals surface area contributed by atoms with E-state index in [1.165, 1.54) is 6.42 Å². The van der Waals surface area contributed by atoms with Crippen molar-refractivity contribution in [2.24, 2.45) is 17.8 Å². The molecule has 1 aliphatic carbocycles. The monoisotopic (exact) mass is 212 g/mol. The molecule has 1 fully saturated rings. The van der Waals surface area contributed by atoms with Gasteiger partial charge in [0.15, 0.2) is 0 Å². The third kappa shape index (κ3) is 3.82. The van der Waals surface area contributed by atoms with Gasteiger partial charge in [-0.2, -0.15) is 0 Å². The Morgan fingerprint density at radius 1 is 1.60 bits per heavy atom. The smallest absolute Gasteiger partial charge is 0.226 e. The van der Waals surface area contributed by atoms with Crippen molar-refractivity contribution in [3.8, 4) is 0 Å². The van der Waals surface area contributed by atoms with Crippen LogP contribution in [0.1, 0.15) is 27.2 Å². The van der Waals surface area contributed by atoms with Crippen LogP contribution in [0, 0.1) is 17.8 Å². The van der Waals surface area contributed by atoms with Gasteiger partial charge in [-0.15, -0.1) is 0 Å². The van der Waals surface area contributed by atoms with Crippen LogP contribution in [0.4, 0.5) is 0 Å². The van der Waals surface area contributed by atoms with E-state index in [-0.39, 0.29) is 11.8 Å². The SMILES string of the molecule is CCNCC(C)C(=O)N(C)CC1CC1C. The Balaban J connectivity index is 2.24. The first-order valence-corrected chi connectivity index (χ1v) is 6.02. The fraction of sp³-hybridized carbons (Fsp3) is 0.917. The van der Waals surface area contributed by atoms with Gasteiger partial charge < -0.3 is 10.2 Å². The molecule has 15 heavy (non-hydrogen) atoms. The third-order valence-electron chi connectivity index (χ3n) is 3.28. The second-order valence-corrected chi connectivity index (χ2v) is 4.90. The quantitative estimate of drug-likeness (QED) is 0.721. The van der Waals surface area contributed by atoms with Crippen LogP contribution in [0.25, 0.3) is 0 Å². The molecule has 0 saturated heterocycles. The van der Waals surface area contributed by atoms with E-state index in [4.69, 9.17) is 0 Å². The third-order valence-corrected chi connectivity index (χ3v) is 3.28. The first-order chi connectivity index (χ1) is 7.06. The average molecular weight is 212 g/mol. The Kier molecular flexibility index (Phi) is 4.58. The highest BCUT2D eigenvalue weighted by Crippen LogP contribution is 2.38. The highest BCUT2D eigenvalue weighted by atomic mass is 16.2. The molecule has 88 valence electrons. The summed E-state index contributed by atoms with van der Waals surface area (Å²) in [6, 6.07) is 0. The molecule has 0 aromatic rings. The molecule has 3 atom stereocenters. The molecule has 0 spiro atoms. The summed E-state index contributed by atoms with van der Waals surface area (Å²) in [6.45, 7) is 8.98. The van der Waals surface area contributed by atoms with Crippen molar-refractivity contribution in [3.05, 3.63) is 0 Å². The zero-order valence-corrected chi connectivity index (χ0v) is 10.4. The highest BCUT2D eigenvalue weighted by Gasteiger charge is 2.34. The van der Waals surface area contributed by atoms with Gasteiger partial charge in [0, 0.05) is 26.1 Å². The fourth-order valence-corrected chi connectivity index (χ4v) is 1.92. The molecule has 3 unspecified atom stereocenters. The number of carbonyl (C=O) groups excluding carboxylic acids is 1. The van der Waals surface area contributed by atoms with Crippen LogP contribution in [0.15, 0.2) is 0 Å². The fourth-order valence-electron chi connectivity index (χ4n) is 1.92. The number of hydrogen-bond donors (Lipinski definition) is 1. The molecule has 1 saturated carbocycles. The van der Waals surface area contributed by atoms with Crippen LogP contribution in [-0.2, 0) is 4.79 Å². The summed E-state index contributed by atoms with van der Waals surface area (Å²) < 4.78 is 0. The topological polar surface area (TPSA) is 32.3 Å². The molecule has 0 heterocycles. The lowest BCUT2D eigenvalue weighted by Crippen LogP contribution is -2.37. The molecular formula is C12H24N2O. The van der Waals surface area contributed by atoms with Crippen molar-refractivity contribution in [2.45, 2.75) is 27.2 Å². The Bertz CT molecular complexity index is 218. The zero-order valence-electron chi connectivity index (χ0n) is 10.4. The first kappa shape index (κ1) is 12.5. The van der Waals surface area contributed by atoms with Crippen molar-refractivity contribution in [1.29, 1.82) is 0 Å². The Hall–Kier alpha value is -0.570. The average Bonchev–Trinajstić information content (AvgIpc) is 2.89. The second-order valence-electron chi connectivity index (χ2n) is 4.90. The van der Waals surface area contributed by atoms with Crippen LogP contribution in [0.3, 0.4) is 0 Å². The molecule has 1 rings (SSSR count). The van der Waals surface area contributed by atoms with Crippen LogP contribution < -0.4 is 5.32 Å². The summed E-state index contributed by atoms with van der Waals surface area (Å²) in [4.78, 5) is 13.8. The van der Waals surface area contributed by atoms with E-state index in [9.17, 15) is 4.79 Å². The predicted molar refractivity (Wildman–Crippen MR) is 62.6 cm³/mol. The lowest BCUT2D eigenvalue weighted by molar-refractivity contribution is -0.133. The van der Waals surface area contributed by atoms with Gasteiger partial charge in [-0.25, -0.2) is 0 Å². The molecule has 0 radical (unpaired) electrons. The van der Waals surface area contributed by atoms with Crippen molar-refractivity contribution in [1.82, 2.24) is 10.2 Å². The molecule has 3 heteroatoms. The molecule has 0 aromatic carbocycles. The molecule has 1 aliphatic rings. The summed E-state index contributed by atoms with van der Waals surface area (Å²) in [5, 5.41) is 3.21. The molecule has 0 bridgehead atoms. The number of rotatable bonds is 6. The minimum Gasteiger partial charge on any atom is -0.345 e. The van der Waals surface area contributed by atoms with Gasteiger partial charge in [0.25, 0.3) is 0 Å². The summed E-state index contributed by atoms with van der Waals surface area (Å²) in [5.74, 6) is 1.95. The van der Waals surface area contributed by atoms with Crippen LogP contribution in [0.2, 0.25) is 0 Å². The van der Waals surface area contributed by atoms with E-state index in [2.05, 4.69) is 19.2 Å². The number of amides is 1. The number of carbonyl (C=O) groups is 1. The van der Waals surface area contributed by atoms with E-state index >= 15 is 0 Å². The standard InChI is InChI=1S/C12H24N2O/c1-5-13-7-10(3)12(15)14(4)8-11-6-9(11)2/h9-11,13H,5-8H2,1-4H3. The Labute approximate surface area is 93.2 Å². The minimum absolute atomic E-state index is 0.101. The van der Waals surface area contributed by atoms with Crippen molar-refractivity contribution >= 4 is 5.91 Å². The highest BCUT2D eigenvalue weighted by molar-refractivity contribution is 5.78. The van der Waals surface area contributed by atoms with Crippen molar-refractivity contribution in [3.63, 3.8) is 0 Å². The first-order valence-electron chi connectivity index (χ1n) is 6.02.